The largest absolute Gasteiger partial charge is 0.477 e. The molecule has 0 spiro atoms. The fourth-order valence-corrected chi connectivity index (χ4v) is 1.56. The molecular formula is C14H14F2O7. The summed E-state index contributed by atoms with van der Waals surface area (Å²) in [6, 6.07) is 6.97. The first-order valence-corrected chi connectivity index (χ1v) is 6.35. The summed E-state index contributed by atoms with van der Waals surface area (Å²) < 4.78 is 36.2. The minimum absolute atomic E-state index is 0.113. The van der Waals surface area contributed by atoms with Gasteiger partial charge in [-0.2, -0.15) is 8.78 Å². The highest BCUT2D eigenvalue weighted by Gasteiger charge is 2.54. The smallest absolute Gasteiger partial charge is 0.381 e. The lowest BCUT2D eigenvalue weighted by atomic mass is 10.1. The zero-order valence-corrected chi connectivity index (χ0v) is 11.9. The van der Waals surface area contributed by atoms with Crippen molar-refractivity contribution in [2.45, 2.75) is 25.1 Å². The van der Waals surface area contributed by atoms with E-state index in [1.807, 2.05) is 0 Å². The number of hydrogen-bond acceptors (Lipinski definition) is 6. The van der Waals surface area contributed by atoms with Gasteiger partial charge in [0.25, 0.3) is 0 Å². The molecule has 0 aliphatic heterocycles. The summed E-state index contributed by atoms with van der Waals surface area (Å²) in [6.07, 6.45) is -4.95. The van der Waals surface area contributed by atoms with Crippen molar-refractivity contribution in [1.29, 1.82) is 0 Å². The van der Waals surface area contributed by atoms with Gasteiger partial charge in [0.15, 0.2) is 0 Å². The number of aliphatic hydroxyl groups is 1. The van der Waals surface area contributed by atoms with E-state index >= 15 is 0 Å². The van der Waals surface area contributed by atoms with Crippen LogP contribution in [0, 0.1) is 0 Å². The van der Waals surface area contributed by atoms with Crippen LogP contribution in [0.5, 0.6) is 0 Å². The summed E-state index contributed by atoms with van der Waals surface area (Å²) in [5.41, 5.74) is -0.113. The molecule has 1 rings (SSSR count). The topological polar surface area (TPSA) is 110 Å². The van der Waals surface area contributed by atoms with E-state index in [0.717, 1.165) is 6.92 Å². The van der Waals surface area contributed by atoms with E-state index in [0.29, 0.717) is 0 Å². The number of carbonyl (C=O) groups excluding carboxylic acids is 2. The van der Waals surface area contributed by atoms with E-state index in [1.54, 1.807) is 6.07 Å². The van der Waals surface area contributed by atoms with Gasteiger partial charge in [0, 0.05) is 6.92 Å². The number of ether oxygens (including phenoxy) is 2. The van der Waals surface area contributed by atoms with Crippen molar-refractivity contribution in [1.82, 2.24) is 0 Å². The van der Waals surface area contributed by atoms with Gasteiger partial charge < -0.3 is 19.7 Å². The summed E-state index contributed by atoms with van der Waals surface area (Å²) in [5.74, 6) is -9.30. The maximum absolute atomic E-state index is 13.7. The van der Waals surface area contributed by atoms with Crippen molar-refractivity contribution in [2.75, 3.05) is 6.61 Å². The minimum Gasteiger partial charge on any atom is -0.477 e. The van der Waals surface area contributed by atoms with Crippen molar-refractivity contribution >= 4 is 17.9 Å². The second-order valence-corrected chi connectivity index (χ2v) is 4.49. The maximum Gasteiger partial charge on any atom is 0.381 e. The highest BCUT2D eigenvalue weighted by Crippen LogP contribution is 2.26. The van der Waals surface area contributed by atoms with Gasteiger partial charge >= 0.3 is 23.8 Å². The van der Waals surface area contributed by atoms with Gasteiger partial charge in [-0.3, -0.25) is 4.79 Å². The van der Waals surface area contributed by atoms with Crippen molar-refractivity contribution in [3.8, 4) is 0 Å². The molecule has 0 heterocycles. The second kappa shape index (κ2) is 7.63. The second-order valence-electron chi connectivity index (χ2n) is 4.49. The summed E-state index contributed by atoms with van der Waals surface area (Å²) in [5, 5.41) is 18.2. The number of aliphatic hydroxyl groups excluding tert-OH is 1. The van der Waals surface area contributed by atoms with Crippen LogP contribution in [0.1, 0.15) is 17.3 Å². The maximum atomic E-state index is 13.7. The Balaban J connectivity index is 2.97. The highest BCUT2D eigenvalue weighted by molar-refractivity contribution is 5.90. The van der Waals surface area contributed by atoms with Crippen molar-refractivity contribution in [3.63, 3.8) is 0 Å². The minimum atomic E-state index is -4.58. The Labute approximate surface area is 129 Å². The van der Waals surface area contributed by atoms with Gasteiger partial charge in [0.1, 0.15) is 12.7 Å². The van der Waals surface area contributed by atoms with Crippen molar-refractivity contribution < 1.29 is 42.9 Å². The van der Waals surface area contributed by atoms with Crippen LogP contribution in [-0.2, 0) is 19.1 Å². The summed E-state index contributed by atoms with van der Waals surface area (Å²) in [6.45, 7) is 0.0119. The monoisotopic (exact) mass is 332 g/mol. The van der Waals surface area contributed by atoms with Crippen molar-refractivity contribution in [3.05, 3.63) is 35.9 Å². The van der Waals surface area contributed by atoms with Crippen LogP contribution < -0.4 is 0 Å². The SMILES string of the molecule is CC(=O)OC[C@H](O)[C@@H](OC(=O)c1ccccc1)C(F)(F)C(=O)O. The van der Waals surface area contributed by atoms with Gasteiger partial charge in [-0.1, -0.05) is 18.2 Å². The molecule has 2 N–H and O–H groups in total. The molecule has 0 aliphatic carbocycles. The molecular weight excluding hydrogens is 318 g/mol. The molecule has 0 aliphatic rings. The number of rotatable bonds is 7. The Morgan fingerprint density at radius 2 is 1.78 bits per heavy atom. The van der Waals surface area contributed by atoms with Gasteiger partial charge in [-0.05, 0) is 12.1 Å². The van der Waals surface area contributed by atoms with Crippen LogP contribution >= 0.6 is 0 Å². The molecule has 23 heavy (non-hydrogen) atoms. The lowest BCUT2D eigenvalue weighted by Gasteiger charge is -2.27. The Bertz CT molecular complexity index is 574. The standard InChI is InChI=1S/C14H14F2O7/c1-8(17)22-7-10(18)11(14(15,16)13(20)21)23-12(19)9-5-3-2-4-6-9/h2-6,10-11,18H,7H2,1H3,(H,20,21)/t10-,11+/m0/s1. The first kappa shape index (κ1) is 18.5. The number of hydrogen-bond donors (Lipinski definition) is 2. The van der Waals surface area contributed by atoms with E-state index in [2.05, 4.69) is 9.47 Å². The molecule has 0 saturated carbocycles. The van der Waals surface area contributed by atoms with E-state index in [4.69, 9.17) is 5.11 Å². The average Bonchev–Trinajstić information content (AvgIpc) is 2.50. The molecule has 9 heteroatoms. The number of carboxylic acid groups (broad SMARTS) is 1. The van der Waals surface area contributed by atoms with Gasteiger partial charge in [0.05, 0.1) is 5.56 Å². The lowest BCUT2D eigenvalue weighted by Crippen LogP contribution is -2.52. The molecule has 0 aromatic heterocycles. The molecule has 0 unspecified atom stereocenters. The molecule has 0 radical (unpaired) electrons. The fourth-order valence-electron chi connectivity index (χ4n) is 1.56. The van der Waals surface area contributed by atoms with Crippen LogP contribution in [0.15, 0.2) is 30.3 Å². The number of carbonyl (C=O) groups is 3. The predicted octanol–water partition coefficient (Wildman–Crippen LogP) is 0.856. The molecule has 1 aromatic carbocycles. The van der Waals surface area contributed by atoms with E-state index in [9.17, 15) is 28.3 Å². The first-order chi connectivity index (χ1) is 10.7. The van der Waals surface area contributed by atoms with Gasteiger partial charge in [0.2, 0.25) is 6.10 Å². The van der Waals surface area contributed by atoms with Crippen LogP contribution in [0.4, 0.5) is 8.78 Å². The van der Waals surface area contributed by atoms with Crippen LogP contribution in [-0.4, -0.2) is 52.9 Å². The van der Waals surface area contributed by atoms with Crippen LogP contribution in [0.25, 0.3) is 0 Å². The molecule has 0 bridgehead atoms. The van der Waals surface area contributed by atoms with E-state index in [1.165, 1.54) is 24.3 Å². The Hall–Kier alpha value is -2.55. The van der Waals surface area contributed by atoms with Crippen LogP contribution in [0.2, 0.25) is 0 Å². The molecule has 0 saturated heterocycles. The zero-order chi connectivity index (χ0) is 17.6. The fraction of sp³-hybridized carbons (Fsp3) is 0.357. The third kappa shape index (κ3) is 4.99. The molecule has 126 valence electrons. The third-order valence-electron chi connectivity index (χ3n) is 2.69. The quantitative estimate of drug-likeness (QED) is 0.712. The molecule has 1 aromatic rings. The number of esters is 2. The van der Waals surface area contributed by atoms with E-state index < -0.39 is 42.6 Å². The molecule has 2 atom stereocenters. The summed E-state index contributed by atoms with van der Waals surface area (Å²) in [7, 11) is 0. The number of halogens is 2. The number of aliphatic carboxylic acids is 1. The number of alkyl halides is 2. The van der Waals surface area contributed by atoms with Crippen LogP contribution in [0.3, 0.4) is 0 Å². The van der Waals surface area contributed by atoms with E-state index in [-0.39, 0.29) is 5.56 Å². The molecule has 7 nitrogen and oxygen atoms in total. The summed E-state index contributed by atoms with van der Waals surface area (Å²) in [4.78, 5) is 33.1. The zero-order valence-electron chi connectivity index (χ0n) is 11.9. The normalized spacial score (nSPS) is 13.7. The Kier molecular flexibility index (Phi) is 6.14. The average molecular weight is 332 g/mol. The van der Waals surface area contributed by atoms with Gasteiger partial charge in [-0.15, -0.1) is 0 Å². The Morgan fingerprint density at radius 3 is 2.26 bits per heavy atom. The lowest BCUT2D eigenvalue weighted by molar-refractivity contribution is -0.198. The van der Waals surface area contributed by atoms with Gasteiger partial charge in [-0.25, -0.2) is 9.59 Å². The highest BCUT2D eigenvalue weighted by atomic mass is 19.3. The predicted molar refractivity (Wildman–Crippen MR) is 70.9 cm³/mol. The summed E-state index contributed by atoms with van der Waals surface area (Å²) >= 11 is 0. The molecule has 0 amide bonds. The third-order valence-corrected chi connectivity index (χ3v) is 2.69. The number of benzene rings is 1. The van der Waals surface area contributed by atoms with Crippen molar-refractivity contribution in [2.24, 2.45) is 0 Å². The Morgan fingerprint density at radius 1 is 1.22 bits per heavy atom. The first-order valence-electron chi connectivity index (χ1n) is 6.35. The number of carboxylic acids is 1. The molecule has 0 fully saturated rings.